The molecule has 0 N–H and O–H groups in total. The summed E-state index contributed by atoms with van der Waals surface area (Å²) in [4.78, 5) is 33.3. The van der Waals surface area contributed by atoms with E-state index in [1.165, 1.54) is 22.8 Å². The van der Waals surface area contributed by atoms with Crippen molar-refractivity contribution in [3.63, 3.8) is 0 Å². The van der Waals surface area contributed by atoms with Crippen molar-refractivity contribution in [2.45, 2.75) is 32.2 Å². The van der Waals surface area contributed by atoms with Gasteiger partial charge in [0.2, 0.25) is 5.56 Å². The van der Waals surface area contributed by atoms with Crippen LogP contribution in [0.1, 0.15) is 47.2 Å². The van der Waals surface area contributed by atoms with E-state index in [0.717, 1.165) is 33.7 Å². The summed E-state index contributed by atoms with van der Waals surface area (Å²) in [5.41, 5.74) is 5.25. The fraction of sp³-hybridized carbons (Fsp3) is 0.250. The van der Waals surface area contributed by atoms with Gasteiger partial charge < -0.3 is 4.57 Å². The van der Waals surface area contributed by atoms with Gasteiger partial charge in [-0.1, -0.05) is 19.1 Å². The summed E-state index contributed by atoms with van der Waals surface area (Å²) in [5.74, 6) is -0.164. The second-order valence-corrected chi connectivity index (χ2v) is 7.74. The molecule has 0 aliphatic carbocycles. The summed E-state index contributed by atoms with van der Waals surface area (Å²) >= 11 is 0. The molecule has 1 aliphatic rings. The van der Waals surface area contributed by atoms with Crippen LogP contribution in [0.15, 0.2) is 64.6 Å². The van der Waals surface area contributed by atoms with Gasteiger partial charge in [-0.25, -0.2) is 4.39 Å². The molecule has 0 radical (unpaired) electrons. The molecule has 3 aromatic rings. The first-order valence-electron chi connectivity index (χ1n) is 9.87. The Bertz CT molecular complexity index is 1200. The number of Topliss-reactive ketones (excluding diaryl/α,β-unsaturated/α-hetero) is 1. The van der Waals surface area contributed by atoms with E-state index in [2.05, 4.69) is 9.98 Å². The van der Waals surface area contributed by atoms with Crippen LogP contribution >= 0.6 is 0 Å². The Labute approximate surface area is 173 Å². The highest BCUT2D eigenvalue weighted by Gasteiger charge is 2.20. The third-order valence-corrected chi connectivity index (χ3v) is 5.42. The molecule has 2 aromatic heterocycles. The Morgan fingerprint density at radius 2 is 1.97 bits per heavy atom. The summed E-state index contributed by atoms with van der Waals surface area (Å²) < 4.78 is 14.6. The van der Waals surface area contributed by atoms with Gasteiger partial charge in [0, 0.05) is 55.2 Å². The topological polar surface area (TPSA) is 64.3 Å². The number of nitrogens with zero attached hydrogens (tertiary/aromatic N) is 3. The van der Waals surface area contributed by atoms with Gasteiger partial charge in [0.15, 0.2) is 0 Å². The number of rotatable bonds is 6. The molecule has 1 aliphatic heterocycles. The van der Waals surface area contributed by atoms with Gasteiger partial charge in [0.05, 0.1) is 12.3 Å². The highest BCUT2D eigenvalue weighted by molar-refractivity contribution is 6.14. The van der Waals surface area contributed by atoms with Crippen molar-refractivity contribution in [3.05, 3.63) is 99.0 Å². The number of hydrogen-bond donors (Lipinski definition) is 0. The van der Waals surface area contributed by atoms with Gasteiger partial charge in [-0.3, -0.25) is 19.6 Å². The van der Waals surface area contributed by atoms with E-state index in [9.17, 15) is 14.0 Å². The highest BCUT2D eigenvalue weighted by Crippen LogP contribution is 2.24. The quantitative estimate of drug-likeness (QED) is 0.632. The van der Waals surface area contributed by atoms with E-state index in [1.54, 1.807) is 37.6 Å². The normalized spacial score (nSPS) is 13.6. The molecule has 1 aromatic carbocycles. The van der Waals surface area contributed by atoms with E-state index in [-0.39, 0.29) is 29.5 Å². The highest BCUT2D eigenvalue weighted by atomic mass is 19.1. The molecule has 3 heterocycles. The SMILES string of the molecule is C[C@@H](CC(=O)Cc1cc2c(cn1)C(c1ccc(=O)n(C)c1)=NC2)c1ccc(F)cc1. The van der Waals surface area contributed by atoms with Crippen molar-refractivity contribution in [2.24, 2.45) is 12.0 Å². The number of fused-ring (bicyclic) bond motifs is 1. The van der Waals surface area contributed by atoms with E-state index in [0.29, 0.717) is 13.0 Å². The molecule has 0 bridgehead atoms. The number of aryl methyl sites for hydroxylation is 1. The van der Waals surface area contributed by atoms with E-state index < -0.39 is 0 Å². The molecule has 0 fully saturated rings. The molecular formula is C24H22FN3O2. The van der Waals surface area contributed by atoms with Crippen molar-refractivity contribution in [1.29, 1.82) is 0 Å². The maximum absolute atomic E-state index is 13.1. The Hall–Kier alpha value is -3.41. The molecule has 4 rings (SSSR count). The van der Waals surface area contributed by atoms with Crippen LogP contribution in [-0.2, 0) is 24.8 Å². The first-order chi connectivity index (χ1) is 14.4. The second kappa shape index (κ2) is 8.14. The molecule has 5 nitrogen and oxygen atoms in total. The van der Waals surface area contributed by atoms with Crippen molar-refractivity contribution in [3.8, 4) is 0 Å². The smallest absolute Gasteiger partial charge is 0.250 e. The van der Waals surface area contributed by atoms with Crippen LogP contribution in [0.5, 0.6) is 0 Å². The summed E-state index contributed by atoms with van der Waals surface area (Å²) in [5, 5.41) is 0. The predicted molar refractivity (Wildman–Crippen MR) is 113 cm³/mol. The molecule has 0 unspecified atom stereocenters. The van der Waals surface area contributed by atoms with Crippen LogP contribution < -0.4 is 5.56 Å². The molecule has 1 atom stereocenters. The summed E-state index contributed by atoms with van der Waals surface area (Å²) in [6, 6.07) is 11.5. The number of carbonyl (C=O) groups is 1. The number of pyridine rings is 2. The van der Waals surface area contributed by atoms with Crippen LogP contribution in [0.25, 0.3) is 0 Å². The molecule has 152 valence electrons. The van der Waals surface area contributed by atoms with Gasteiger partial charge >= 0.3 is 0 Å². The third-order valence-electron chi connectivity index (χ3n) is 5.42. The molecule has 6 heteroatoms. The lowest BCUT2D eigenvalue weighted by Gasteiger charge is -2.11. The lowest BCUT2D eigenvalue weighted by atomic mass is 9.94. The molecule has 0 saturated heterocycles. The predicted octanol–water partition coefficient (Wildman–Crippen LogP) is 3.58. The minimum Gasteiger partial charge on any atom is -0.318 e. The van der Waals surface area contributed by atoms with Gasteiger partial charge in [-0.15, -0.1) is 0 Å². The molecule has 30 heavy (non-hydrogen) atoms. The Morgan fingerprint density at radius 1 is 1.20 bits per heavy atom. The van der Waals surface area contributed by atoms with E-state index in [1.807, 2.05) is 13.0 Å². The molecule has 0 saturated carbocycles. The van der Waals surface area contributed by atoms with Crippen molar-refractivity contribution < 1.29 is 9.18 Å². The fourth-order valence-corrected chi connectivity index (χ4v) is 3.74. The maximum Gasteiger partial charge on any atom is 0.250 e. The first-order valence-corrected chi connectivity index (χ1v) is 9.87. The second-order valence-electron chi connectivity index (χ2n) is 7.74. The van der Waals surface area contributed by atoms with Crippen LogP contribution in [0, 0.1) is 5.82 Å². The standard InChI is InChI=1S/C24H22FN3O2/c1-15(16-3-6-19(25)7-4-16)9-21(29)11-20-10-18-12-27-24(22(18)13-26-20)17-5-8-23(30)28(2)14-17/h3-8,10,13-15H,9,11-12H2,1-2H3/t15-/m0/s1. The average molecular weight is 403 g/mol. The fourth-order valence-electron chi connectivity index (χ4n) is 3.74. The number of ketones is 1. The van der Waals surface area contributed by atoms with E-state index in [4.69, 9.17) is 0 Å². The first kappa shape index (κ1) is 19.9. The van der Waals surface area contributed by atoms with Crippen LogP contribution in [0.2, 0.25) is 0 Å². The zero-order valence-corrected chi connectivity index (χ0v) is 16.9. The average Bonchev–Trinajstić information content (AvgIpc) is 3.13. The third kappa shape index (κ3) is 4.13. The minimum atomic E-state index is -0.279. The van der Waals surface area contributed by atoms with Gasteiger partial charge in [0.1, 0.15) is 11.6 Å². The van der Waals surface area contributed by atoms with Crippen molar-refractivity contribution in [2.75, 3.05) is 0 Å². The summed E-state index contributed by atoms with van der Waals surface area (Å²) in [6.45, 7) is 2.50. The van der Waals surface area contributed by atoms with Gasteiger partial charge in [0.25, 0.3) is 0 Å². The van der Waals surface area contributed by atoms with Gasteiger partial charge in [-0.2, -0.15) is 0 Å². The molecular weight excluding hydrogens is 381 g/mol. The zero-order chi connectivity index (χ0) is 21.3. The van der Waals surface area contributed by atoms with Crippen LogP contribution in [-0.4, -0.2) is 21.0 Å². The Balaban J connectivity index is 1.45. The lowest BCUT2D eigenvalue weighted by Crippen LogP contribution is -2.17. The maximum atomic E-state index is 13.1. The number of benzene rings is 1. The number of aliphatic imine (C=N–C) groups is 1. The monoisotopic (exact) mass is 403 g/mol. The number of aromatic nitrogens is 2. The Kier molecular flexibility index (Phi) is 5.40. The van der Waals surface area contributed by atoms with Crippen molar-refractivity contribution >= 4 is 11.5 Å². The number of carbonyl (C=O) groups excluding carboxylic acids is 1. The summed E-state index contributed by atoms with van der Waals surface area (Å²) in [6.07, 6.45) is 4.17. The largest absolute Gasteiger partial charge is 0.318 e. The lowest BCUT2D eigenvalue weighted by molar-refractivity contribution is -0.118. The number of hydrogen-bond acceptors (Lipinski definition) is 4. The van der Waals surface area contributed by atoms with Crippen LogP contribution in [0.4, 0.5) is 4.39 Å². The Morgan fingerprint density at radius 3 is 2.70 bits per heavy atom. The minimum absolute atomic E-state index is 0.0205. The van der Waals surface area contributed by atoms with Crippen LogP contribution in [0.3, 0.4) is 0 Å². The zero-order valence-electron chi connectivity index (χ0n) is 16.9. The van der Waals surface area contributed by atoms with E-state index >= 15 is 0 Å². The van der Waals surface area contributed by atoms with Crippen molar-refractivity contribution in [1.82, 2.24) is 9.55 Å². The summed E-state index contributed by atoms with van der Waals surface area (Å²) in [7, 11) is 1.71. The number of halogens is 1. The molecule has 0 spiro atoms. The van der Waals surface area contributed by atoms with Gasteiger partial charge in [-0.05, 0) is 41.3 Å². The molecule has 0 amide bonds.